The van der Waals surface area contributed by atoms with Crippen molar-refractivity contribution in [3.63, 3.8) is 0 Å². The van der Waals surface area contributed by atoms with E-state index in [1.54, 1.807) is 6.07 Å². The van der Waals surface area contributed by atoms with Crippen molar-refractivity contribution in [2.45, 2.75) is 50.9 Å². The molecule has 0 bridgehead atoms. The Morgan fingerprint density at radius 1 is 0.815 bits per heavy atom. The van der Waals surface area contributed by atoms with E-state index in [0.717, 1.165) is 28.9 Å². The van der Waals surface area contributed by atoms with Crippen LogP contribution in [0.15, 0.2) is 55.1 Å². The Hall–Kier alpha value is -1.96. The van der Waals surface area contributed by atoms with E-state index in [1.807, 2.05) is 12.1 Å². The third-order valence-electron chi connectivity index (χ3n) is 6.85. The van der Waals surface area contributed by atoms with Gasteiger partial charge in [0.05, 0.1) is 0 Å². The first-order valence-corrected chi connectivity index (χ1v) is 10.3. The molecule has 2 aliphatic rings. The van der Waals surface area contributed by atoms with Crippen LogP contribution >= 0.6 is 0 Å². The standard InChI is InChI=1S/C25H28F2/c1-2-3-17-14-21-10-8-19(9-11-22(21)15-17)18-4-6-20(7-5-18)23-12-13-24(26)25(27)16-23/h2,4-7,12-13,16-17,19,21-22H,1,3,8-11,14-15H2. The summed E-state index contributed by atoms with van der Waals surface area (Å²) in [5, 5.41) is 0. The lowest BCUT2D eigenvalue weighted by molar-refractivity contribution is 0.367. The van der Waals surface area contributed by atoms with E-state index in [0.29, 0.717) is 5.92 Å². The number of rotatable bonds is 4. The average Bonchev–Trinajstić information content (AvgIpc) is 2.96. The number of hydrogen-bond donors (Lipinski definition) is 0. The van der Waals surface area contributed by atoms with Crippen LogP contribution in [0.4, 0.5) is 8.78 Å². The fourth-order valence-corrected chi connectivity index (χ4v) is 5.40. The second kappa shape index (κ2) is 7.96. The van der Waals surface area contributed by atoms with Gasteiger partial charge in [-0.25, -0.2) is 8.78 Å². The molecule has 0 spiro atoms. The van der Waals surface area contributed by atoms with Crippen LogP contribution in [-0.2, 0) is 0 Å². The molecule has 0 radical (unpaired) electrons. The molecule has 0 aliphatic heterocycles. The molecule has 2 aliphatic carbocycles. The highest BCUT2D eigenvalue weighted by molar-refractivity contribution is 5.63. The summed E-state index contributed by atoms with van der Waals surface area (Å²) in [6.07, 6.45) is 11.3. The van der Waals surface area contributed by atoms with E-state index in [9.17, 15) is 8.78 Å². The highest BCUT2D eigenvalue weighted by Crippen LogP contribution is 2.48. The molecule has 2 aromatic rings. The molecular weight excluding hydrogens is 338 g/mol. The van der Waals surface area contributed by atoms with Crippen molar-refractivity contribution in [2.24, 2.45) is 17.8 Å². The maximum Gasteiger partial charge on any atom is 0.159 e. The van der Waals surface area contributed by atoms with Crippen molar-refractivity contribution in [1.82, 2.24) is 0 Å². The lowest BCUT2D eigenvalue weighted by atomic mass is 9.89. The minimum absolute atomic E-state index is 0.632. The smallest absolute Gasteiger partial charge is 0.159 e. The molecule has 2 atom stereocenters. The molecule has 2 heteroatoms. The Bertz CT molecular complexity index is 776. The largest absolute Gasteiger partial charge is 0.204 e. The molecule has 0 N–H and O–H groups in total. The summed E-state index contributed by atoms with van der Waals surface area (Å²) in [5.41, 5.74) is 3.06. The van der Waals surface area contributed by atoms with Crippen LogP contribution in [0.3, 0.4) is 0 Å². The summed E-state index contributed by atoms with van der Waals surface area (Å²) in [7, 11) is 0. The lowest BCUT2D eigenvalue weighted by Gasteiger charge is -2.16. The first kappa shape index (κ1) is 18.4. The topological polar surface area (TPSA) is 0 Å². The fraction of sp³-hybridized carbons (Fsp3) is 0.440. The number of allylic oxidation sites excluding steroid dienone is 1. The molecule has 142 valence electrons. The summed E-state index contributed by atoms with van der Waals surface area (Å²) >= 11 is 0. The quantitative estimate of drug-likeness (QED) is 0.491. The highest BCUT2D eigenvalue weighted by atomic mass is 19.2. The van der Waals surface area contributed by atoms with Gasteiger partial charge in [0.15, 0.2) is 11.6 Å². The van der Waals surface area contributed by atoms with Crippen LogP contribution in [0, 0.1) is 29.4 Å². The third-order valence-corrected chi connectivity index (χ3v) is 6.85. The van der Waals surface area contributed by atoms with Gasteiger partial charge in [-0.05, 0) is 97.4 Å². The van der Waals surface area contributed by atoms with Gasteiger partial charge < -0.3 is 0 Å². The Kier molecular flexibility index (Phi) is 5.43. The van der Waals surface area contributed by atoms with E-state index in [2.05, 4.69) is 24.8 Å². The Labute approximate surface area is 161 Å². The zero-order chi connectivity index (χ0) is 18.8. The van der Waals surface area contributed by atoms with Crippen molar-refractivity contribution in [3.8, 4) is 11.1 Å². The van der Waals surface area contributed by atoms with Gasteiger partial charge in [0.25, 0.3) is 0 Å². The molecular formula is C25H28F2. The highest BCUT2D eigenvalue weighted by Gasteiger charge is 2.35. The fourth-order valence-electron chi connectivity index (χ4n) is 5.40. The van der Waals surface area contributed by atoms with E-state index < -0.39 is 11.6 Å². The van der Waals surface area contributed by atoms with Crippen LogP contribution in [0.25, 0.3) is 11.1 Å². The maximum absolute atomic E-state index is 13.5. The van der Waals surface area contributed by atoms with Gasteiger partial charge in [-0.3, -0.25) is 0 Å². The maximum atomic E-state index is 13.5. The zero-order valence-corrected chi connectivity index (χ0v) is 15.8. The molecule has 2 unspecified atom stereocenters. The van der Waals surface area contributed by atoms with E-state index in [1.165, 1.54) is 62.6 Å². The van der Waals surface area contributed by atoms with Crippen LogP contribution in [0.2, 0.25) is 0 Å². The van der Waals surface area contributed by atoms with E-state index in [4.69, 9.17) is 0 Å². The summed E-state index contributed by atoms with van der Waals surface area (Å²) < 4.78 is 26.6. The molecule has 0 amide bonds. The number of halogens is 2. The first-order valence-electron chi connectivity index (χ1n) is 10.3. The zero-order valence-electron chi connectivity index (χ0n) is 15.8. The number of hydrogen-bond acceptors (Lipinski definition) is 0. The van der Waals surface area contributed by atoms with Gasteiger partial charge in [-0.15, -0.1) is 6.58 Å². The molecule has 2 fully saturated rings. The van der Waals surface area contributed by atoms with Gasteiger partial charge >= 0.3 is 0 Å². The minimum Gasteiger partial charge on any atom is -0.204 e. The summed E-state index contributed by atoms with van der Waals surface area (Å²) in [5.74, 6) is 1.72. The second-order valence-electron chi connectivity index (χ2n) is 8.48. The van der Waals surface area contributed by atoms with Gasteiger partial charge in [0.1, 0.15) is 0 Å². The van der Waals surface area contributed by atoms with E-state index in [-0.39, 0.29) is 0 Å². The van der Waals surface area contributed by atoms with Crippen molar-refractivity contribution < 1.29 is 8.78 Å². The predicted molar refractivity (Wildman–Crippen MR) is 108 cm³/mol. The normalized spacial score (nSPS) is 27.8. The molecule has 2 saturated carbocycles. The monoisotopic (exact) mass is 366 g/mol. The van der Waals surface area contributed by atoms with Crippen LogP contribution in [0.5, 0.6) is 0 Å². The second-order valence-corrected chi connectivity index (χ2v) is 8.48. The molecule has 0 aromatic heterocycles. The molecule has 0 heterocycles. The van der Waals surface area contributed by atoms with Crippen molar-refractivity contribution in [1.29, 1.82) is 0 Å². The van der Waals surface area contributed by atoms with Crippen LogP contribution < -0.4 is 0 Å². The Morgan fingerprint density at radius 2 is 1.44 bits per heavy atom. The van der Waals surface area contributed by atoms with Crippen molar-refractivity contribution >= 4 is 0 Å². The van der Waals surface area contributed by atoms with Gasteiger partial charge in [-0.1, -0.05) is 36.4 Å². The van der Waals surface area contributed by atoms with Gasteiger partial charge in [0.2, 0.25) is 0 Å². The molecule has 27 heavy (non-hydrogen) atoms. The third kappa shape index (κ3) is 4.00. The SMILES string of the molecule is C=CCC1CC2CCC(c3ccc(-c4ccc(F)c(F)c4)cc3)CCC2C1. The minimum atomic E-state index is -0.797. The van der Waals surface area contributed by atoms with Crippen molar-refractivity contribution in [3.05, 3.63) is 72.3 Å². The van der Waals surface area contributed by atoms with E-state index >= 15 is 0 Å². The van der Waals surface area contributed by atoms with Gasteiger partial charge in [0, 0.05) is 0 Å². The number of fused-ring (bicyclic) bond motifs is 1. The molecule has 0 nitrogen and oxygen atoms in total. The Morgan fingerprint density at radius 3 is 2.04 bits per heavy atom. The van der Waals surface area contributed by atoms with Crippen LogP contribution in [-0.4, -0.2) is 0 Å². The summed E-state index contributed by atoms with van der Waals surface area (Å²) in [6, 6.07) is 12.6. The predicted octanol–water partition coefficient (Wildman–Crippen LogP) is 7.51. The average molecular weight is 366 g/mol. The molecule has 4 rings (SSSR count). The van der Waals surface area contributed by atoms with Crippen molar-refractivity contribution in [2.75, 3.05) is 0 Å². The Balaban J connectivity index is 1.42. The lowest BCUT2D eigenvalue weighted by Crippen LogP contribution is -2.04. The summed E-state index contributed by atoms with van der Waals surface area (Å²) in [6.45, 7) is 3.91. The summed E-state index contributed by atoms with van der Waals surface area (Å²) in [4.78, 5) is 0. The van der Waals surface area contributed by atoms with Gasteiger partial charge in [-0.2, -0.15) is 0 Å². The number of benzene rings is 2. The molecule has 2 aromatic carbocycles. The first-order chi connectivity index (χ1) is 13.1. The van der Waals surface area contributed by atoms with Crippen LogP contribution in [0.1, 0.15) is 56.4 Å². The molecule has 0 saturated heterocycles.